The minimum Gasteiger partial charge on any atom is -0.497 e. The highest BCUT2D eigenvalue weighted by Crippen LogP contribution is 2.42. The summed E-state index contributed by atoms with van der Waals surface area (Å²) in [6.45, 7) is 12.1. The lowest BCUT2D eigenvalue weighted by Gasteiger charge is -2.42. The van der Waals surface area contributed by atoms with Gasteiger partial charge in [0.25, 0.3) is 11.8 Å². The standard InChI is InChI=1S/C25H38N4O6SSi/c1-16(2)37(17(3)4,18(5)6)35-14-23(30)29(27)25(31)24-22(26)12-21(13-28-24)36(32,33)15-19-8-10-20(34-7)11-9-19/h8-13,16-18H,14-15,26-27H2,1-7H3. The van der Waals surface area contributed by atoms with Crippen LogP contribution in [0.2, 0.25) is 16.6 Å². The Balaban J connectivity index is 2.18. The smallest absolute Gasteiger partial charge is 0.295 e. The number of benzene rings is 1. The molecule has 2 aromatic rings. The second-order valence-corrected chi connectivity index (χ2v) is 17.3. The summed E-state index contributed by atoms with van der Waals surface area (Å²) in [5.74, 6) is 4.44. The summed E-state index contributed by atoms with van der Waals surface area (Å²) in [5, 5.41) is 0.421. The van der Waals surface area contributed by atoms with Gasteiger partial charge in [-0.1, -0.05) is 53.7 Å². The molecule has 0 fully saturated rings. The van der Waals surface area contributed by atoms with Crippen molar-refractivity contribution < 1.29 is 27.2 Å². The van der Waals surface area contributed by atoms with E-state index in [1.807, 2.05) is 0 Å². The maximum absolute atomic E-state index is 12.9. The van der Waals surface area contributed by atoms with E-state index in [0.717, 1.165) is 12.3 Å². The van der Waals surface area contributed by atoms with Crippen molar-refractivity contribution in [3.05, 3.63) is 47.8 Å². The lowest BCUT2D eigenvalue weighted by atomic mass is 10.2. The van der Waals surface area contributed by atoms with E-state index in [0.29, 0.717) is 16.3 Å². The zero-order chi connectivity index (χ0) is 28.1. The zero-order valence-electron chi connectivity index (χ0n) is 22.5. The molecule has 0 saturated heterocycles. The average Bonchev–Trinajstić information content (AvgIpc) is 2.82. The maximum Gasteiger partial charge on any atom is 0.295 e. The van der Waals surface area contributed by atoms with Crippen molar-refractivity contribution in [2.24, 2.45) is 5.84 Å². The second-order valence-electron chi connectivity index (χ2n) is 9.89. The minimum atomic E-state index is -3.81. The number of amides is 2. The van der Waals surface area contributed by atoms with Crippen LogP contribution in [0.15, 0.2) is 41.4 Å². The molecule has 2 rings (SSSR count). The van der Waals surface area contributed by atoms with Gasteiger partial charge in [-0.15, -0.1) is 0 Å². The molecular weight excluding hydrogens is 512 g/mol. The highest BCUT2D eigenvalue weighted by atomic mass is 32.2. The summed E-state index contributed by atoms with van der Waals surface area (Å²) in [6, 6.07) is 7.74. The molecule has 10 nitrogen and oxygen atoms in total. The van der Waals surface area contributed by atoms with Crippen LogP contribution in [-0.2, 0) is 24.8 Å². The molecule has 12 heteroatoms. The Kier molecular flexibility index (Phi) is 10.00. The number of ether oxygens (including phenoxy) is 1. The van der Waals surface area contributed by atoms with Gasteiger partial charge in [-0.2, -0.15) is 0 Å². The number of nitrogens with two attached hydrogens (primary N) is 2. The average molecular weight is 551 g/mol. The number of hydrogen-bond donors (Lipinski definition) is 2. The van der Waals surface area contributed by atoms with Gasteiger partial charge in [0.15, 0.2) is 15.5 Å². The molecule has 0 bridgehead atoms. The number of imide groups is 1. The van der Waals surface area contributed by atoms with Gasteiger partial charge in [-0.05, 0) is 40.4 Å². The Morgan fingerprint density at radius 1 is 1.03 bits per heavy atom. The normalized spacial score (nSPS) is 12.3. The fourth-order valence-electron chi connectivity index (χ4n) is 4.82. The third-order valence-corrected chi connectivity index (χ3v) is 14.3. The number of pyridine rings is 1. The monoisotopic (exact) mass is 550 g/mol. The SMILES string of the molecule is COc1ccc(CS(=O)(=O)c2cnc(C(=O)N(N)C(=O)CO[Si](C(C)C)(C(C)C)C(C)C)c(N)c2)cc1. The largest absolute Gasteiger partial charge is 0.497 e. The fraction of sp³-hybridized carbons (Fsp3) is 0.480. The topological polar surface area (TPSA) is 155 Å². The molecule has 0 aliphatic rings. The summed E-state index contributed by atoms with van der Waals surface area (Å²) in [4.78, 5) is 29.4. The Morgan fingerprint density at radius 3 is 2.03 bits per heavy atom. The molecule has 37 heavy (non-hydrogen) atoms. The third kappa shape index (κ3) is 6.75. The number of nitrogen functional groups attached to an aromatic ring is 1. The van der Waals surface area contributed by atoms with Crippen molar-refractivity contribution in [2.75, 3.05) is 19.5 Å². The molecule has 0 spiro atoms. The first kappa shape index (κ1) is 30.4. The first-order valence-corrected chi connectivity index (χ1v) is 15.8. The maximum atomic E-state index is 12.9. The van der Waals surface area contributed by atoms with Gasteiger partial charge in [0.1, 0.15) is 12.4 Å². The number of sulfone groups is 1. The number of methoxy groups -OCH3 is 1. The first-order chi connectivity index (χ1) is 17.2. The van der Waals surface area contributed by atoms with E-state index >= 15 is 0 Å². The number of carbonyl (C=O) groups excluding carboxylic acids is 2. The van der Waals surface area contributed by atoms with E-state index < -0.39 is 30.0 Å². The zero-order valence-corrected chi connectivity index (χ0v) is 24.3. The van der Waals surface area contributed by atoms with Crippen LogP contribution >= 0.6 is 0 Å². The van der Waals surface area contributed by atoms with Crippen molar-refractivity contribution in [1.29, 1.82) is 0 Å². The fourth-order valence-corrected chi connectivity index (χ4v) is 11.5. The summed E-state index contributed by atoms with van der Waals surface area (Å²) < 4.78 is 37.0. The summed E-state index contributed by atoms with van der Waals surface area (Å²) in [6.07, 6.45) is 1.03. The van der Waals surface area contributed by atoms with E-state index in [-0.39, 0.29) is 45.3 Å². The van der Waals surface area contributed by atoms with Crippen LogP contribution in [0.1, 0.15) is 57.6 Å². The summed E-state index contributed by atoms with van der Waals surface area (Å²) >= 11 is 0. The number of aromatic nitrogens is 1. The van der Waals surface area contributed by atoms with Crippen LogP contribution in [-0.4, -0.2) is 52.3 Å². The molecule has 0 radical (unpaired) electrons. The minimum absolute atomic E-state index is 0.155. The van der Waals surface area contributed by atoms with Gasteiger partial charge in [0.05, 0.1) is 23.4 Å². The van der Waals surface area contributed by atoms with Crippen LogP contribution < -0.4 is 16.3 Å². The van der Waals surface area contributed by atoms with Gasteiger partial charge in [-0.3, -0.25) is 9.59 Å². The highest BCUT2D eigenvalue weighted by Gasteiger charge is 2.45. The Morgan fingerprint density at radius 2 is 1.57 bits per heavy atom. The van der Waals surface area contributed by atoms with E-state index in [4.69, 9.17) is 20.7 Å². The van der Waals surface area contributed by atoms with Crippen molar-refractivity contribution >= 4 is 35.7 Å². The van der Waals surface area contributed by atoms with Crippen LogP contribution in [0.25, 0.3) is 0 Å². The number of carbonyl (C=O) groups is 2. The van der Waals surface area contributed by atoms with Crippen LogP contribution in [0.3, 0.4) is 0 Å². The predicted octanol–water partition coefficient (Wildman–Crippen LogP) is 3.68. The number of hydrogen-bond acceptors (Lipinski definition) is 9. The molecule has 0 aliphatic heterocycles. The van der Waals surface area contributed by atoms with E-state index in [9.17, 15) is 18.0 Å². The van der Waals surface area contributed by atoms with Crippen molar-refractivity contribution in [1.82, 2.24) is 9.99 Å². The number of rotatable bonds is 11. The van der Waals surface area contributed by atoms with Gasteiger partial charge >= 0.3 is 0 Å². The summed E-state index contributed by atoms with van der Waals surface area (Å²) in [7, 11) is -4.64. The Hall–Kier alpha value is -2.80. The van der Waals surface area contributed by atoms with Gasteiger partial charge in [-0.25, -0.2) is 24.3 Å². The lowest BCUT2D eigenvalue weighted by molar-refractivity contribution is -0.131. The number of nitrogens with zero attached hydrogens (tertiary/aromatic N) is 2. The van der Waals surface area contributed by atoms with Crippen molar-refractivity contribution in [3.8, 4) is 5.75 Å². The molecular formula is C25H38N4O6SSi. The number of anilines is 1. The molecule has 1 heterocycles. The molecule has 2 amide bonds. The quantitative estimate of drug-likeness (QED) is 0.184. The molecule has 4 N–H and O–H groups in total. The number of hydrazine groups is 1. The Bertz CT molecular complexity index is 1190. The second kappa shape index (κ2) is 12.2. The molecule has 1 aromatic heterocycles. The van der Waals surface area contributed by atoms with E-state index in [1.54, 1.807) is 24.3 Å². The van der Waals surface area contributed by atoms with Crippen molar-refractivity contribution in [3.63, 3.8) is 0 Å². The van der Waals surface area contributed by atoms with E-state index in [1.165, 1.54) is 7.11 Å². The van der Waals surface area contributed by atoms with Gasteiger partial charge in [0.2, 0.25) is 8.32 Å². The molecule has 0 aliphatic carbocycles. The lowest BCUT2D eigenvalue weighted by Crippen LogP contribution is -2.52. The molecule has 204 valence electrons. The van der Waals surface area contributed by atoms with Crippen LogP contribution in [0.4, 0.5) is 5.69 Å². The molecule has 0 saturated carbocycles. The molecule has 0 unspecified atom stereocenters. The van der Waals surface area contributed by atoms with Crippen LogP contribution in [0.5, 0.6) is 5.75 Å². The molecule has 1 aromatic carbocycles. The van der Waals surface area contributed by atoms with E-state index in [2.05, 4.69) is 46.5 Å². The van der Waals surface area contributed by atoms with Crippen LogP contribution in [0, 0.1) is 0 Å². The summed E-state index contributed by atoms with van der Waals surface area (Å²) in [5.41, 5.74) is 6.71. The molecule has 0 atom stereocenters. The van der Waals surface area contributed by atoms with Crippen molar-refractivity contribution in [2.45, 2.75) is 68.8 Å². The van der Waals surface area contributed by atoms with Gasteiger partial charge in [0, 0.05) is 6.20 Å². The van der Waals surface area contributed by atoms with Gasteiger partial charge < -0.3 is 14.9 Å². The Labute approximate surface area is 220 Å². The third-order valence-electron chi connectivity index (χ3n) is 6.61. The highest BCUT2D eigenvalue weighted by molar-refractivity contribution is 7.90. The first-order valence-electron chi connectivity index (χ1n) is 12.0. The predicted molar refractivity (Wildman–Crippen MR) is 145 cm³/mol.